The van der Waals surface area contributed by atoms with Gasteiger partial charge in [0.15, 0.2) is 5.69 Å². The molecular weight excluding hydrogens is 378 g/mol. The van der Waals surface area contributed by atoms with Gasteiger partial charge in [-0.15, -0.1) is 0 Å². The molecule has 0 aliphatic carbocycles. The van der Waals surface area contributed by atoms with Crippen LogP contribution >= 0.6 is 0 Å². The number of aromatic nitrogens is 2. The van der Waals surface area contributed by atoms with Gasteiger partial charge in [0.25, 0.3) is 5.56 Å². The number of nitrogens with one attached hydrogen (secondary N) is 1. The Hall–Kier alpha value is -2.70. The van der Waals surface area contributed by atoms with Gasteiger partial charge >= 0.3 is 5.97 Å². The summed E-state index contributed by atoms with van der Waals surface area (Å²) in [6.07, 6.45) is 0. The first kappa shape index (κ1) is 21.6. The minimum absolute atomic E-state index is 0. The van der Waals surface area contributed by atoms with Crippen molar-refractivity contribution in [1.29, 1.82) is 0 Å². The van der Waals surface area contributed by atoms with Crippen LogP contribution in [0.2, 0.25) is 0 Å². The van der Waals surface area contributed by atoms with Crippen LogP contribution in [0.5, 0.6) is 0 Å². The van der Waals surface area contributed by atoms with Crippen molar-refractivity contribution in [2.24, 2.45) is 0 Å². The van der Waals surface area contributed by atoms with Crippen LogP contribution in [0.1, 0.15) is 24.3 Å². The number of hydrogen-bond donors (Lipinski definition) is 1. The molecular formula is C21H24ClN3O3. The molecule has 0 radical (unpaired) electrons. The summed E-state index contributed by atoms with van der Waals surface area (Å²) in [5.74, 6) is -0.512. The van der Waals surface area contributed by atoms with E-state index in [1.807, 2.05) is 18.2 Å². The van der Waals surface area contributed by atoms with Crippen molar-refractivity contribution in [3.63, 3.8) is 0 Å². The highest BCUT2D eigenvalue weighted by Crippen LogP contribution is 2.16. The molecule has 6 nitrogen and oxygen atoms in total. The van der Waals surface area contributed by atoms with Crippen LogP contribution in [0.4, 0.5) is 0 Å². The molecule has 7 heteroatoms. The molecule has 0 saturated carbocycles. The molecule has 0 spiro atoms. The van der Waals surface area contributed by atoms with Gasteiger partial charge in [-0.05, 0) is 32.0 Å². The monoisotopic (exact) mass is 401 g/mol. The number of likely N-dealkylation sites (N-methyl/N-ethyl adjacent to an activating group) is 1. The summed E-state index contributed by atoms with van der Waals surface area (Å²) >= 11 is 0. The highest BCUT2D eigenvalue weighted by Gasteiger charge is 2.19. The predicted molar refractivity (Wildman–Crippen MR) is 105 cm³/mol. The van der Waals surface area contributed by atoms with Crippen molar-refractivity contribution in [2.75, 3.05) is 26.2 Å². The molecule has 0 atom stereocenters. The SMILES string of the molecule is CC[NH+](CC)CCOC(=O)c1nn(-c2ccccc2)c(=O)c2ccccc12.[Cl-]. The van der Waals surface area contributed by atoms with Crippen molar-refractivity contribution in [2.45, 2.75) is 13.8 Å². The smallest absolute Gasteiger partial charge is 0.359 e. The molecule has 1 N–H and O–H groups in total. The standard InChI is InChI=1S/C21H23N3O3.ClH/c1-3-23(4-2)14-15-27-21(26)19-17-12-8-9-13-18(17)20(25)24(22-19)16-10-6-5-7-11-16;/h5-13H,3-4,14-15H2,1-2H3;1H. The van der Waals surface area contributed by atoms with E-state index in [1.54, 1.807) is 36.4 Å². The van der Waals surface area contributed by atoms with E-state index in [-0.39, 0.29) is 23.7 Å². The number of quaternary nitrogens is 1. The third kappa shape index (κ3) is 4.58. The molecule has 0 saturated heterocycles. The minimum atomic E-state index is -0.512. The maximum atomic E-state index is 12.8. The number of carbonyl (C=O) groups is 1. The Kier molecular flexibility index (Phi) is 7.72. The Morgan fingerprint density at radius 3 is 2.25 bits per heavy atom. The highest BCUT2D eigenvalue weighted by atomic mass is 35.5. The van der Waals surface area contributed by atoms with Gasteiger partial charge in [-0.3, -0.25) is 4.79 Å². The third-order valence-corrected chi connectivity index (χ3v) is 4.69. The first-order chi connectivity index (χ1) is 13.2. The maximum absolute atomic E-state index is 12.8. The van der Waals surface area contributed by atoms with Gasteiger partial charge in [0, 0.05) is 5.39 Å². The molecule has 0 aliphatic heterocycles. The zero-order valence-electron chi connectivity index (χ0n) is 16.0. The summed E-state index contributed by atoms with van der Waals surface area (Å²) in [6, 6.07) is 16.1. The van der Waals surface area contributed by atoms with Gasteiger partial charge in [-0.25, -0.2) is 4.79 Å². The van der Waals surface area contributed by atoms with Gasteiger partial charge in [0.05, 0.1) is 24.2 Å². The molecule has 148 valence electrons. The first-order valence-electron chi connectivity index (χ1n) is 9.23. The van der Waals surface area contributed by atoms with E-state index in [2.05, 4.69) is 18.9 Å². The van der Waals surface area contributed by atoms with E-state index >= 15 is 0 Å². The molecule has 2 aromatic carbocycles. The van der Waals surface area contributed by atoms with Crippen molar-refractivity contribution in [3.05, 3.63) is 70.6 Å². The number of benzene rings is 2. The lowest BCUT2D eigenvalue weighted by atomic mass is 10.1. The van der Waals surface area contributed by atoms with Gasteiger partial charge in [0.1, 0.15) is 13.2 Å². The van der Waals surface area contributed by atoms with E-state index < -0.39 is 5.97 Å². The van der Waals surface area contributed by atoms with Crippen molar-refractivity contribution in [1.82, 2.24) is 9.78 Å². The minimum Gasteiger partial charge on any atom is -1.00 e. The molecule has 0 bridgehead atoms. The number of halogens is 1. The third-order valence-electron chi connectivity index (χ3n) is 4.69. The van der Waals surface area contributed by atoms with E-state index in [1.165, 1.54) is 9.58 Å². The number of nitrogens with zero attached hydrogens (tertiary/aromatic N) is 2. The number of esters is 1. The Morgan fingerprint density at radius 1 is 1.00 bits per heavy atom. The van der Waals surface area contributed by atoms with Gasteiger partial charge in [0.2, 0.25) is 0 Å². The zero-order chi connectivity index (χ0) is 19.2. The molecule has 0 aliphatic rings. The van der Waals surface area contributed by atoms with E-state index in [9.17, 15) is 9.59 Å². The molecule has 0 amide bonds. The lowest BCUT2D eigenvalue weighted by Gasteiger charge is -2.15. The maximum Gasteiger partial charge on any atom is 0.359 e. The Bertz CT molecular complexity index is 985. The molecule has 28 heavy (non-hydrogen) atoms. The lowest BCUT2D eigenvalue weighted by molar-refractivity contribution is -0.896. The number of ether oxygens (including phenoxy) is 1. The lowest BCUT2D eigenvalue weighted by Crippen LogP contribution is -3.11. The number of para-hydroxylation sites is 1. The fourth-order valence-corrected chi connectivity index (χ4v) is 3.04. The average molecular weight is 402 g/mol. The van der Waals surface area contributed by atoms with E-state index in [4.69, 9.17) is 4.74 Å². The van der Waals surface area contributed by atoms with Crippen molar-refractivity contribution < 1.29 is 26.8 Å². The summed E-state index contributed by atoms with van der Waals surface area (Å²) in [6.45, 7) is 7.23. The Balaban J connectivity index is 0.00000280. The van der Waals surface area contributed by atoms with Gasteiger partial charge in [-0.2, -0.15) is 9.78 Å². The zero-order valence-corrected chi connectivity index (χ0v) is 16.8. The summed E-state index contributed by atoms with van der Waals surface area (Å²) in [4.78, 5) is 26.9. The van der Waals surface area contributed by atoms with Crippen LogP contribution in [-0.2, 0) is 4.74 Å². The quantitative estimate of drug-likeness (QED) is 0.488. The van der Waals surface area contributed by atoms with Gasteiger partial charge < -0.3 is 22.0 Å². The largest absolute Gasteiger partial charge is 1.00 e. The average Bonchev–Trinajstić information content (AvgIpc) is 2.72. The van der Waals surface area contributed by atoms with Crippen LogP contribution in [0.15, 0.2) is 59.4 Å². The topological polar surface area (TPSA) is 65.6 Å². The predicted octanol–water partition coefficient (Wildman–Crippen LogP) is -1.53. The summed E-state index contributed by atoms with van der Waals surface area (Å²) < 4.78 is 6.72. The summed E-state index contributed by atoms with van der Waals surface area (Å²) in [7, 11) is 0. The normalized spacial score (nSPS) is 10.7. The first-order valence-corrected chi connectivity index (χ1v) is 9.23. The molecule has 0 unspecified atom stereocenters. The summed E-state index contributed by atoms with van der Waals surface area (Å²) in [5.41, 5.74) is 0.499. The van der Waals surface area contributed by atoms with Crippen LogP contribution in [0.3, 0.4) is 0 Å². The second kappa shape index (κ2) is 10.0. The summed E-state index contributed by atoms with van der Waals surface area (Å²) in [5, 5.41) is 5.28. The van der Waals surface area contributed by atoms with Crippen LogP contribution in [0.25, 0.3) is 16.5 Å². The molecule has 3 rings (SSSR count). The number of rotatable bonds is 7. The fraction of sp³-hybridized carbons (Fsp3) is 0.286. The highest BCUT2D eigenvalue weighted by molar-refractivity contribution is 6.02. The van der Waals surface area contributed by atoms with Crippen LogP contribution in [-0.4, -0.2) is 42.0 Å². The van der Waals surface area contributed by atoms with E-state index in [0.717, 1.165) is 19.6 Å². The molecule has 3 aromatic rings. The number of fused-ring (bicyclic) bond motifs is 1. The molecule has 0 fully saturated rings. The van der Waals surface area contributed by atoms with Crippen molar-refractivity contribution >= 4 is 16.7 Å². The van der Waals surface area contributed by atoms with Crippen molar-refractivity contribution in [3.8, 4) is 5.69 Å². The Labute approximate surface area is 170 Å². The van der Waals surface area contributed by atoms with E-state index in [0.29, 0.717) is 23.1 Å². The Morgan fingerprint density at radius 2 is 1.61 bits per heavy atom. The number of carbonyl (C=O) groups excluding carboxylic acids is 1. The number of hydrogen-bond acceptors (Lipinski definition) is 4. The second-order valence-corrected chi connectivity index (χ2v) is 6.29. The molecule has 1 heterocycles. The molecule has 1 aromatic heterocycles. The van der Waals surface area contributed by atoms with Crippen LogP contribution < -0.4 is 22.9 Å². The van der Waals surface area contributed by atoms with Crippen LogP contribution in [0, 0.1) is 0 Å². The van der Waals surface area contributed by atoms with Gasteiger partial charge in [-0.1, -0.05) is 36.4 Å². The second-order valence-electron chi connectivity index (χ2n) is 6.29. The fourth-order valence-electron chi connectivity index (χ4n) is 3.04.